The van der Waals surface area contributed by atoms with Crippen LogP contribution in [0.3, 0.4) is 0 Å². The normalized spacial score (nSPS) is 11.4. The summed E-state index contributed by atoms with van der Waals surface area (Å²) >= 11 is 0. The maximum absolute atomic E-state index is 12.0. The van der Waals surface area contributed by atoms with Gasteiger partial charge in [0, 0.05) is 18.7 Å². The Bertz CT molecular complexity index is 683. The highest BCUT2D eigenvalue weighted by molar-refractivity contribution is 5.97. The van der Waals surface area contributed by atoms with Crippen LogP contribution < -0.4 is 16.0 Å². The highest BCUT2D eigenvalue weighted by Crippen LogP contribution is 1.99. The molecule has 1 heterocycles. The summed E-state index contributed by atoms with van der Waals surface area (Å²) in [5, 5.41) is 7.87. The van der Waals surface area contributed by atoms with E-state index in [1.165, 1.54) is 6.26 Å². The van der Waals surface area contributed by atoms with E-state index in [1.54, 1.807) is 43.3 Å². The average Bonchev–Trinajstić information content (AvgIpc) is 3.13. The fraction of sp³-hybridized carbons (Fsp3) is 0.235. The Hall–Kier alpha value is -3.09. The van der Waals surface area contributed by atoms with E-state index in [0.717, 1.165) is 0 Å². The first-order chi connectivity index (χ1) is 11.6. The van der Waals surface area contributed by atoms with E-state index in [2.05, 4.69) is 16.0 Å². The molecule has 1 unspecified atom stereocenters. The van der Waals surface area contributed by atoms with E-state index >= 15 is 0 Å². The van der Waals surface area contributed by atoms with Gasteiger partial charge in [-0.05, 0) is 31.2 Å². The Morgan fingerprint density at radius 3 is 2.33 bits per heavy atom. The van der Waals surface area contributed by atoms with E-state index in [0.29, 0.717) is 5.56 Å². The van der Waals surface area contributed by atoms with Gasteiger partial charge in [0.2, 0.25) is 5.91 Å². The summed E-state index contributed by atoms with van der Waals surface area (Å²) in [6.07, 6.45) is 1.41. The topological polar surface area (TPSA) is 100 Å². The van der Waals surface area contributed by atoms with Gasteiger partial charge in [0.05, 0.1) is 6.26 Å². The van der Waals surface area contributed by atoms with Crippen LogP contribution in [-0.2, 0) is 4.79 Å². The van der Waals surface area contributed by atoms with Crippen molar-refractivity contribution in [2.24, 2.45) is 0 Å². The van der Waals surface area contributed by atoms with Crippen LogP contribution in [0.4, 0.5) is 0 Å². The summed E-state index contributed by atoms with van der Waals surface area (Å²) in [6, 6.07) is 11.1. The third kappa shape index (κ3) is 4.98. The second-order valence-electron chi connectivity index (χ2n) is 5.09. The van der Waals surface area contributed by atoms with Gasteiger partial charge < -0.3 is 20.4 Å². The van der Waals surface area contributed by atoms with E-state index in [4.69, 9.17) is 4.42 Å². The molecule has 0 aliphatic rings. The minimum atomic E-state index is -0.682. The number of rotatable bonds is 7. The number of furan rings is 1. The second kappa shape index (κ2) is 8.52. The maximum atomic E-state index is 12.0. The Morgan fingerprint density at radius 2 is 1.67 bits per heavy atom. The molecule has 3 amide bonds. The summed E-state index contributed by atoms with van der Waals surface area (Å²) in [5.74, 6) is -0.777. The van der Waals surface area contributed by atoms with Crippen LogP contribution in [0, 0.1) is 0 Å². The van der Waals surface area contributed by atoms with Crippen molar-refractivity contribution in [2.45, 2.75) is 13.0 Å². The predicted octanol–water partition coefficient (Wildman–Crippen LogP) is 0.944. The number of hydrogen-bond acceptors (Lipinski definition) is 4. The molecule has 2 rings (SSSR count). The Morgan fingerprint density at radius 1 is 0.958 bits per heavy atom. The summed E-state index contributed by atoms with van der Waals surface area (Å²) in [7, 11) is 0. The van der Waals surface area contributed by atoms with Crippen LogP contribution >= 0.6 is 0 Å². The molecule has 0 saturated heterocycles. The lowest BCUT2D eigenvalue weighted by atomic mass is 10.2. The molecule has 0 saturated carbocycles. The molecule has 0 aliphatic heterocycles. The van der Waals surface area contributed by atoms with E-state index in [9.17, 15) is 14.4 Å². The Kier molecular flexibility index (Phi) is 6.13. The van der Waals surface area contributed by atoms with Crippen LogP contribution in [0.25, 0.3) is 0 Å². The standard InChI is InChI=1S/C17H19N3O4/c1-12(20-16(22)13-6-3-2-4-7-13)15(21)18-9-10-19-17(23)14-8-5-11-24-14/h2-8,11-12H,9-10H2,1H3,(H,18,21)(H,19,23)(H,20,22). The van der Waals surface area contributed by atoms with E-state index < -0.39 is 6.04 Å². The molecule has 0 fully saturated rings. The fourth-order valence-electron chi connectivity index (χ4n) is 1.94. The molecule has 1 aromatic carbocycles. The van der Waals surface area contributed by atoms with Gasteiger partial charge in [-0.2, -0.15) is 0 Å². The predicted molar refractivity (Wildman–Crippen MR) is 87.4 cm³/mol. The molecular weight excluding hydrogens is 310 g/mol. The first-order valence-electron chi connectivity index (χ1n) is 7.53. The first kappa shape index (κ1) is 17.3. The van der Waals surface area contributed by atoms with Crippen LogP contribution in [-0.4, -0.2) is 36.9 Å². The number of amides is 3. The highest BCUT2D eigenvalue weighted by Gasteiger charge is 2.16. The minimum Gasteiger partial charge on any atom is -0.459 e. The Balaban J connectivity index is 1.68. The molecule has 3 N–H and O–H groups in total. The molecule has 0 spiro atoms. The van der Waals surface area contributed by atoms with Crippen LogP contribution in [0.5, 0.6) is 0 Å². The molecule has 7 heteroatoms. The van der Waals surface area contributed by atoms with E-state index in [1.807, 2.05) is 6.07 Å². The monoisotopic (exact) mass is 329 g/mol. The van der Waals surface area contributed by atoms with Crippen molar-refractivity contribution in [1.82, 2.24) is 16.0 Å². The molecule has 24 heavy (non-hydrogen) atoms. The zero-order valence-electron chi connectivity index (χ0n) is 13.2. The third-order valence-corrected chi connectivity index (χ3v) is 3.23. The number of nitrogens with one attached hydrogen (secondary N) is 3. The van der Waals surface area contributed by atoms with Gasteiger partial charge in [0.1, 0.15) is 6.04 Å². The SMILES string of the molecule is CC(NC(=O)c1ccccc1)C(=O)NCCNC(=O)c1ccco1. The van der Waals surface area contributed by atoms with Crippen molar-refractivity contribution in [3.8, 4) is 0 Å². The summed E-state index contributed by atoms with van der Waals surface area (Å²) in [6.45, 7) is 2.10. The molecule has 0 aliphatic carbocycles. The molecule has 2 aromatic rings. The second-order valence-corrected chi connectivity index (χ2v) is 5.09. The zero-order valence-corrected chi connectivity index (χ0v) is 13.2. The van der Waals surface area contributed by atoms with Crippen molar-refractivity contribution in [3.05, 3.63) is 60.1 Å². The van der Waals surface area contributed by atoms with Gasteiger partial charge in [-0.1, -0.05) is 18.2 Å². The van der Waals surface area contributed by atoms with Gasteiger partial charge >= 0.3 is 0 Å². The molecule has 7 nitrogen and oxygen atoms in total. The molecular formula is C17H19N3O4. The highest BCUT2D eigenvalue weighted by atomic mass is 16.3. The Labute approximate surface area is 139 Å². The van der Waals surface area contributed by atoms with Gasteiger partial charge in [0.25, 0.3) is 11.8 Å². The van der Waals surface area contributed by atoms with Crippen LogP contribution in [0.15, 0.2) is 53.1 Å². The summed E-state index contributed by atoms with van der Waals surface area (Å²) in [4.78, 5) is 35.5. The van der Waals surface area contributed by atoms with Crippen molar-refractivity contribution >= 4 is 17.7 Å². The van der Waals surface area contributed by atoms with Crippen molar-refractivity contribution in [2.75, 3.05) is 13.1 Å². The quantitative estimate of drug-likeness (QED) is 0.658. The lowest BCUT2D eigenvalue weighted by Gasteiger charge is -2.14. The van der Waals surface area contributed by atoms with Crippen LogP contribution in [0.2, 0.25) is 0 Å². The lowest BCUT2D eigenvalue weighted by Crippen LogP contribution is -2.46. The number of benzene rings is 1. The van der Waals surface area contributed by atoms with Crippen LogP contribution in [0.1, 0.15) is 27.8 Å². The summed E-state index contributed by atoms with van der Waals surface area (Å²) < 4.78 is 4.95. The number of carbonyl (C=O) groups excluding carboxylic acids is 3. The fourth-order valence-corrected chi connectivity index (χ4v) is 1.94. The smallest absolute Gasteiger partial charge is 0.287 e. The first-order valence-corrected chi connectivity index (χ1v) is 7.53. The van der Waals surface area contributed by atoms with Gasteiger partial charge in [-0.15, -0.1) is 0 Å². The third-order valence-electron chi connectivity index (χ3n) is 3.23. The summed E-state index contributed by atoms with van der Waals surface area (Å²) in [5.41, 5.74) is 0.489. The molecule has 0 bridgehead atoms. The molecule has 1 atom stereocenters. The number of carbonyl (C=O) groups is 3. The minimum absolute atomic E-state index is 0.213. The molecule has 126 valence electrons. The zero-order chi connectivity index (χ0) is 17.4. The van der Waals surface area contributed by atoms with Gasteiger partial charge in [-0.25, -0.2) is 0 Å². The van der Waals surface area contributed by atoms with Crippen molar-refractivity contribution in [1.29, 1.82) is 0 Å². The molecule has 1 aromatic heterocycles. The van der Waals surface area contributed by atoms with Gasteiger partial charge in [-0.3, -0.25) is 14.4 Å². The molecule has 0 radical (unpaired) electrons. The lowest BCUT2D eigenvalue weighted by molar-refractivity contribution is -0.122. The average molecular weight is 329 g/mol. The van der Waals surface area contributed by atoms with Gasteiger partial charge in [0.15, 0.2) is 5.76 Å². The largest absolute Gasteiger partial charge is 0.459 e. The van der Waals surface area contributed by atoms with Crippen molar-refractivity contribution in [3.63, 3.8) is 0 Å². The van der Waals surface area contributed by atoms with E-state index in [-0.39, 0.29) is 36.6 Å². The van der Waals surface area contributed by atoms with Crippen molar-refractivity contribution < 1.29 is 18.8 Å². The maximum Gasteiger partial charge on any atom is 0.287 e. The number of hydrogen-bond donors (Lipinski definition) is 3.